The van der Waals surface area contributed by atoms with Gasteiger partial charge in [0.25, 0.3) is 5.91 Å². The number of carbonyl (C=O) groups is 1. The van der Waals surface area contributed by atoms with Crippen molar-refractivity contribution < 1.29 is 9.53 Å². The first-order valence-electron chi connectivity index (χ1n) is 8.86. The second-order valence-electron chi connectivity index (χ2n) is 6.49. The molecule has 4 heteroatoms. The minimum absolute atomic E-state index is 0.0430. The van der Waals surface area contributed by atoms with Gasteiger partial charge >= 0.3 is 0 Å². The van der Waals surface area contributed by atoms with Crippen molar-refractivity contribution in [3.8, 4) is 16.9 Å². The number of nitrogens with zero attached hydrogens (tertiary/aromatic N) is 1. The van der Waals surface area contributed by atoms with Crippen LogP contribution in [-0.4, -0.2) is 24.0 Å². The van der Waals surface area contributed by atoms with Crippen LogP contribution in [0, 0.1) is 0 Å². The van der Waals surface area contributed by atoms with Crippen LogP contribution in [0.25, 0.3) is 11.1 Å². The van der Waals surface area contributed by atoms with Crippen LogP contribution in [-0.2, 0) is 11.2 Å². The lowest BCUT2D eigenvalue weighted by Gasteiger charge is -2.33. The molecule has 1 amide bonds. The van der Waals surface area contributed by atoms with Crippen LogP contribution >= 0.6 is 11.3 Å². The first kappa shape index (κ1) is 16.9. The highest BCUT2D eigenvalue weighted by Crippen LogP contribution is 2.32. The molecular formula is C22H21NO2S. The minimum atomic E-state index is 0.0430. The molecule has 26 heavy (non-hydrogen) atoms. The summed E-state index contributed by atoms with van der Waals surface area (Å²) in [5, 5.41) is 2.11. The third-order valence-corrected chi connectivity index (χ3v) is 5.92. The molecule has 0 bridgehead atoms. The molecule has 1 aromatic heterocycles. The maximum absolute atomic E-state index is 12.6. The van der Waals surface area contributed by atoms with Crippen LogP contribution < -0.4 is 4.74 Å². The Labute approximate surface area is 157 Å². The first-order chi connectivity index (χ1) is 12.7. The highest BCUT2D eigenvalue weighted by molar-refractivity contribution is 7.10. The molecule has 3 nitrogen and oxygen atoms in total. The van der Waals surface area contributed by atoms with Gasteiger partial charge in [0.1, 0.15) is 5.75 Å². The van der Waals surface area contributed by atoms with Gasteiger partial charge in [-0.3, -0.25) is 4.79 Å². The minimum Gasteiger partial charge on any atom is -0.484 e. The van der Waals surface area contributed by atoms with Crippen molar-refractivity contribution in [1.82, 2.24) is 4.90 Å². The lowest BCUT2D eigenvalue weighted by atomic mass is 10.0. The molecule has 4 rings (SSSR count). The number of hydrogen-bond donors (Lipinski definition) is 0. The van der Waals surface area contributed by atoms with Crippen LogP contribution in [0.4, 0.5) is 0 Å². The van der Waals surface area contributed by atoms with E-state index >= 15 is 0 Å². The van der Waals surface area contributed by atoms with Crippen LogP contribution in [0.3, 0.4) is 0 Å². The van der Waals surface area contributed by atoms with Gasteiger partial charge in [-0.1, -0.05) is 42.5 Å². The SMILES string of the molecule is C[C@H]1c2ccsc2CCN1C(=O)COc1ccc(-c2ccccc2)cc1. The number of amides is 1. The summed E-state index contributed by atoms with van der Waals surface area (Å²) in [6.07, 6.45) is 0.939. The summed E-state index contributed by atoms with van der Waals surface area (Å²) in [6, 6.07) is 20.4. The predicted octanol–water partition coefficient (Wildman–Crippen LogP) is 4.94. The van der Waals surface area contributed by atoms with Gasteiger partial charge in [0.05, 0.1) is 6.04 Å². The molecule has 0 spiro atoms. The lowest BCUT2D eigenvalue weighted by Crippen LogP contribution is -2.40. The third kappa shape index (κ3) is 3.37. The maximum Gasteiger partial charge on any atom is 0.261 e. The summed E-state index contributed by atoms with van der Waals surface area (Å²) in [6.45, 7) is 2.94. The van der Waals surface area contributed by atoms with E-state index in [-0.39, 0.29) is 18.6 Å². The van der Waals surface area contributed by atoms with Crippen molar-refractivity contribution >= 4 is 17.2 Å². The average molecular weight is 363 g/mol. The van der Waals surface area contributed by atoms with Crippen LogP contribution in [0.1, 0.15) is 23.4 Å². The monoisotopic (exact) mass is 363 g/mol. The molecule has 0 saturated heterocycles. The van der Waals surface area contributed by atoms with Crippen molar-refractivity contribution in [2.24, 2.45) is 0 Å². The van der Waals surface area contributed by atoms with Crippen LogP contribution in [0.15, 0.2) is 66.0 Å². The summed E-state index contributed by atoms with van der Waals surface area (Å²) in [4.78, 5) is 15.9. The largest absolute Gasteiger partial charge is 0.484 e. The van der Waals surface area contributed by atoms with Crippen molar-refractivity contribution in [1.29, 1.82) is 0 Å². The molecule has 1 atom stereocenters. The van der Waals surface area contributed by atoms with Gasteiger partial charge in [0, 0.05) is 11.4 Å². The Balaban J connectivity index is 1.38. The molecule has 0 aliphatic carbocycles. The Kier molecular flexibility index (Phi) is 4.76. The quantitative estimate of drug-likeness (QED) is 0.657. The molecule has 3 aromatic rings. The standard InChI is InChI=1S/C22H21NO2S/c1-16-20-12-14-26-21(20)11-13-23(16)22(24)15-25-19-9-7-18(8-10-19)17-5-3-2-4-6-17/h2-10,12,14,16H,11,13,15H2,1H3/t16-/m0/s1. The highest BCUT2D eigenvalue weighted by Gasteiger charge is 2.28. The van der Waals surface area contributed by atoms with Gasteiger partial charge in [0.2, 0.25) is 0 Å². The van der Waals surface area contributed by atoms with Crippen molar-refractivity contribution in [3.05, 3.63) is 76.5 Å². The fraction of sp³-hybridized carbons (Fsp3) is 0.227. The lowest BCUT2D eigenvalue weighted by molar-refractivity contribution is -0.135. The fourth-order valence-corrected chi connectivity index (χ4v) is 4.42. The molecule has 132 valence electrons. The molecule has 0 N–H and O–H groups in total. The van der Waals surface area contributed by atoms with E-state index in [1.165, 1.54) is 16.0 Å². The summed E-state index contributed by atoms with van der Waals surface area (Å²) in [7, 11) is 0. The Morgan fingerprint density at radius 2 is 1.81 bits per heavy atom. The van der Waals surface area contributed by atoms with Gasteiger partial charge < -0.3 is 9.64 Å². The van der Waals surface area contributed by atoms with E-state index in [0.29, 0.717) is 0 Å². The van der Waals surface area contributed by atoms with E-state index in [9.17, 15) is 4.79 Å². The summed E-state index contributed by atoms with van der Waals surface area (Å²) in [5.41, 5.74) is 3.59. The van der Waals surface area contributed by atoms with Gasteiger partial charge in [-0.15, -0.1) is 11.3 Å². The zero-order chi connectivity index (χ0) is 17.9. The smallest absolute Gasteiger partial charge is 0.261 e. The van der Waals surface area contributed by atoms with Crippen molar-refractivity contribution in [3.63, 3.8) is 0 Å². The summed E-state index contributed by atoms with van der Waals surface area (Å²) >= 11 is 1.78. The number of benzene rings is 2. The topological polar surface area (TPSA) is 29.5 Å². The number of rotatable bonds is 4. The molecular weight excluding hydrogens is 342 g/mol. The van der Waals surface area contributed by atoms with Gasteiger partial charge in [-0.2, -0.15) is 0 Å². The number of hydrogen-bond acceptors (Lipinski definition) is 3. The Morgan fingerprint density at radius 3 is 2.58 bits per heavy atom. The number of fused-ring (bicyclic) bond motifs is 1. The normalized spacial score (nSPS) is 16.2. The molecule has 2 heterocycles. The van der Waals surface area contributed by atoms with E-state index < -0.39 is 0 Å². The second-order valence-corrected chi connectivity index (χ2v) is 7.49. The van der Waals surface area contributed by atoms with E-state index in [1.807, 2.05) is 47.4 Å². The van der Waals surface area contributed by atoms with E-state index in [0.717, 1.165) is 24.3 Å². The Hall–Kier alpha value is -2.59. The maximum atomic E-state index is 12.6. The van der Waals surface area contributed by atoms with Crippen molar-refractivity contribution in [2.45, 2.75) is 19.4 Å². The fourth-order valence-electron chi connectivity index (χ4n) is 3.45. The van der Waals surface area contributed by atoms with Gasteiger partial charge in [0.15, 0.2) is 6.61 Å². The predicted molar refractivity (Wildman–Crippen MR) is 106 cm³/mol. The number of carbonyl (C=O) groups excluding carboxylic acids is 1. The first-order valence-corrected chi connectivity index (χ1v) is 9.74. The molecule has 1 aliphatic heterocycles. The van der Waals surface area contributed by atoms with Gasteiger partial charge in [-0.05, 0) is 53.6 Å². The van der Waals surface area contributed by atoms with E-state index in [2.05, 4.69) is 30.5 Å². The van der Waals surface area contributed by atoms with Crippen molar-refractivity contribution in [2.75, 3.05) is 13.2 Å². The Morgan fingerprint density at radius 1 is 1.08 bits per heavy atom. The van der Waals surface area contributed by atoms with Crippen LogP contribution in [0.2, 0.25) is 0 Å². The summed E-state index contributed by atoms with van der Waals surface area (Å²) in [5.74, 6) is 0.764. The molecule has 2 aromatic carbocycles. The average Bonchev–Trinajstić information content (AvgIpc) is 3.17. The third-order valence-electron chi connectivity index (χ3n) is 4.92. The Bertz CT molecular complexity index is 886. The highest BCUT2D eigenvalue weighted by atomic mass is 32.1. The van der Waals surface area contributed by atoms with Crippen LogP contribution in [0.5, 0.6) is 5.75 Å². The van der Waals surface area contributed by atoms with Gasteiger partial charge in [-0.25, -0.2) is 0 Å². The molecule has 1 aliphatic rings. The van der Waals surface area contributed by atoms with E-state index in [4.69, 9.17) is 4.74 Å². The molecule has 0 saturated carbocycles. The molecule has 0 unspecified atom stereocenters. The zero-order valence-electron chi connectivity index (χ0n) is 14.7. The van der Waals surface area contributed by atoms with E-state index in [1.54, 1.807) is 11.3 Å². The number of thiophene rings is 1. The number of ether oxygens (including phenoxy) is 1. The molecule has 0 fully saturated rings. The molecule has 0 radical (unpaired) electrons. The second kappa shape index (κ2) is 7.34. The summed E-state index contributed by atoms with van der Waals surface area (Å²) < 4.78 is 5.74. The zero-order valence-corrected chi connectivity index (χ0v) is 15.5.